The molecule has 0 amide bonds. The number of aliphatic hydroxyl groups excluding tert-OH is 2. The summed E-state index contributed by atoms with van der Waals surface area (Å²) in [6.07, 6.45) is -2.55. The van der Waals surface area contributed by atoms with Crippen LogP contribution >= 0.6 is 0 Å². The summed E-state index contributed by atoms with van der Waals surface area (Å²) >= 11 is 0. The lowest BCUT2D eigenvalue weighted by Gasteiger charge is -2.23. The van der Waals surface area contributed by atoms with Crippen LogP contribution in [0.25, 0.3) is 0 Å². The Morgan fingerprint density at radius 2 is 2.11 bits per heavy atom. The van der Waals surface area contributed by atoms with E-state index in [2.05, 4.69) is 0 Å². The van der Waals surface area contributed by atoms with Gasteiger partial charge in [0.05, 0.1) is 18.1 Å². The number of nitro benzene ring substituents is 1. The first-order chi connectivity index (χ1) is 8.96. The molecule has 1 aliphatic heterocycles. The predicted molar refractivity (Wildman–Crippen MR) is 61.5 cm³/mol. The summed E-state index contributed by atoms with van der Waals surface area (Å²) in [5.74, 6) is 0.247. The molecule has 19 heavy (non-hydrogen) atoms. The van der Waals surface area contributed by atoms with E-state index in [4.69, 9.17) is 14.6 Å². The normalized spacial score (nSPS) is 30.3. The van der Waals surface area contributed by atoms with Gasteiger partial charge in [-0.2, -0.15) is 0 Å². The summed E-state index contributed by atoms with van der Waals surface area (Å²) in [6.45, 7) is -0.920. The lowest BCUT2D eigenvalue weighted by atomic mass is 10.0. The lowest BCUT2D eigenvalue weighted by Crippen LogP contribution is -2.48. The van der Waals surface area contributed by atoms with E-state index in [-0.39, 0.29) is 18.0 Å². The van der Waals surface area contributed by atoms with Crippen LogP contribution in [0, 0.1) is 10.1 Å². The molecular formula is C11H13NO7. The van der Waals surface area contributed by atoms with Crippen LogP contribution < -0.4 is 4.74 Å². The third-order valence-corrected chi connectivity index (χ3v) is 2.88. The van der Waals surface area contributed by atoms with Gasteiger partial charge in [-0.05, 0) is 12.1 Å². The van der Waals surface area contributed by atoms with E-state index in [1.54, 1.807) is 0 Å². The zero-order chi connectivity index (χ0) is 14.0. The number of ether oxygens (including phenoxy) is 2. The Bertz CT molecular complexity index is 463. The summed E-state index contributed by atoms with van der Waals surface area (Å²) < 4.78 is 10.3. The summed E-state index contributed by atoms with van der Waals surface area (Å²) in [7, 11) is 0. The SMILES string of the molecule is O=[N+]([O-])c1ccc(O[C@@H]2OC[C@](O)(CO)[C@H]2O)cc1. The molecule has 1 aromatic rings. The topological polar surface area (TPSA) is 122 Å². The van der Waals surface area contributed by atoms with E-state index in [9.17, 15) is 20.3 Å². The molecule has 0 aliphatic carbocycles. The molecule has 3 N–H and O–H groups in total. The molecule has 1 aromatic carbocycles. The van der Waals surface area contributed by atoms with Crippen molar-refractivity contribution in [1.29, 1.82) is 0 Å². The van der Waals surface area contributed by atoms with Crippen LogP contribution in [-0.4, -0.2) is 51.5 Å². The largest absolute Gasteiger partial charge is 0.462 e. The van der Waals surface area contributed by atoms with Crippen LogP contribution in [-0.2, 0) is 4.74 Å². The number of non-ortho nitro benzene ring substituents is 1. The van der Waals surface area contributed by atoms with E-state index in [0.29, 0.717) is 0 Å². The van der Waals surface area contributed by atoms with E-state index in [0.717, 1.165) is 0 Å². The Hall–Kier alpha value is -1.74. The summed E-state index contributed by atoms with van der Waals surface area (Å²) in [6, 6.07) is 5.19. The molecule has 8 heteroatoms. The molecule has 0 unspecified atom stereocenters. The molecule has 1 heterocycles. The van der Waals surface area contributed by atoms with Gasteiger partial charge < -0.3 is 24.8 Å². The van der Waals surface area contributed by atoms with E-state index in [1.807, 2.05) is 0 Å². The molecule has 104 valence electrons. The minimum atomic E-state index is -1.76. The molecule has 0 saturated carbocycles. The molecule has 2 rings (SSSR count). The van der Waals surface area contributed by atoms with Gasteiger partial charge in [0.1, 0.15) is 17.5 Å². The maximum Gasteiger partial charge on any atom is 0.269 e. The highest BCUT2D eigenvalue weighted by Crippen LogP contribution is 2.27. The van der Waals surface area contributed by atoms with Gasteiger partial charge in [0.25, 0.3) is 5.69 Å². The third kappa shape index (κ3) is 2.66. The molecular weight excluding hydrogens is 258 g/mol. The molecule has 0 spiro atoms. The first-order valence-corrected chi connectivity index (χ1v) is 5.50. The van der Waals surface area contributed by atoms with Crippen molar-refractivity contribution in [2.24, 2.45) is 0 Å². The highest BCUT2D eigenvalue weighted by atomic mass is 16.7. The first-order valence-electron chi connectivity index (χ1n) is 5.50. The van der Waals surface area contributed by atoms with E-state index in [1.165, 1.54) is 24.3 Å². The molecule has 0 aromatic heterocycles. The highest BCUT2D eigenvalue weighted by molar-refractivity contribution is 5.36. The van der Waals surface area contributed by atoms with Crippen LogP contribution in [0.15, 0.2) is 24.3 Å². The lowest BCUT2D eigenvalue weighted by molar-refractivity contribution is -0.384. The maximum absolute atomic E-state index is 10.5. The molecule has 0 bridgehead atoms. The van der Waals surface area contributed by atoms with E-state index < -0.39 is 29.5 Å². The monoisotopic (exact) mass is 271 g/mol. The maximum atomic E-state index is 10.5. The van der Waals surface area contributed by atoms with Crippen molar-refractivity contribution in [3.63, 3.8) is 0 Å². The number of hydrogen-bond donors (Lipinski definition) is 3. The summed E-state index contributed by atoms with van der Waals surface area (Å²) in [5.41, 5.74) is -1.85. The second-order valence-corrected chi connectivity index (χ2v) is 4.25. The smallest absolute Gasteiger partial charge is 0.269 e. The van der Waals surface area contributed by atoms with Crippen molar-refractivity contribution in [1.82, 2.24) is 0 Å². The number of rotatable bonds is 4. The second-order valence-electron chi connectivity index (χ2n) is 4.25. The minimum Gasteiger partial charge on any atom is -0.462 e. The molecule has 3 atom stereocenters. The third-order valence-electron chi connectivity index (χ3n) is 2.88. The number of aliphatic hydroxyl groups is 3. The number of nitro groups is 1. The quantitative estimate of drug-likeness (QED) is 0.494. The molecule has 1 saturated heterocycles. The van der Waals surface area contributed by atoms with Gasteiger partial charge in [-0.15, -0.1) is 0 Å². The highest BCUT2D eigenvalue weighted by Gasteiger charge is 2.49. The fourth-order valence-electron chi connectivity index (χ4n) is 1.67. The van der Waals surface area contributed by atoms with Gasteiger partial charge in [-0.25, -0.2) is 0 Å². The fourth-order valence-corrected chi connectivity index (χ4v) is 1.67. The van der Waals surface area contributed by atoms with Crippen molar-refractivity contribution in [2.45, 2.75) is 18.0 Å². The number of benzene rings is 1. The minimum absolute atomic E-state index is 0.0906. The van der Waals surface area contributed by atoms with Crippen LogP contribution in [0.4, 0.5) is 5.69 Å². The Balaban J connectivity index is 2.04. The van der Waals surface area contributed by atoms with Gasteiger partial charge in [-0.3, -0.25) is 10.1 Å². The summed E-state index contributed by atoms with van der Waals surface area (Å²) in [4.78, 5) is 9.93. The Morgan fingerprint density at radius 1 is 1.47 bits per heavy atom. The van der Waals surface area contributed by atoms with Gasteiger partial charge in [-0.1, -0.05) is 0 Å². The Labute approximate surface area is 108 Å². The van der Waals surface area contributed by atoms with Crippen molar-refractivity contribution in [3.05, 3.63) is 34.4 Å². The average Bonchev–Trinajstić information content (AvgIpc) is 2.69. The zero-order valence-electron chi connectivity index (χ0n) is 9.80. The van der Waals surface area contributed by atoms with Gasteiger partial charge in [0.15, 0.2) is 0 Å². The Kier molecular flexibility index (Phi) is 3.67. The first kappa shape index (κ1) is 13.7. The summed E-state index contributed by atoms with van der Waals surface area (Å²) in [5, 5.41) is 38.9. The molecule has 1 aliphatic rings. The van der Waals surface area contributed by atoms with Crippen LogP contribution in [0.2, 0.25) is 0 Å². The van der Waals surface area contributed by atoms with Crippen LogP contribution in [0.3, 0.4) is 0 Å². The zero-order valence-corrected chi connectivity index (χ0v) is 9.80. The van der Waals surface area contributed by atoms with Crippen molar-refractivity contribution < 1.29 is 29.7 Å². The Morgan fingerprint density at radius 3 is 2.58 bits per heavy atom. The second kappa shape index (κ2) is 5.10. The van der Waals surface area contributed by atoms with Gasteiger partial charge in [0, 0.05) is 12.1 Å². The molecule has 0 radical (unpaired) electrons. The van der Waals surface area contributed by atoms with Gasteiger partial charge >= 0.3 is 0 Å². The van der Waals surface area contributed by atoms with Crippen molar-refractivity contribution >= 4 is 5.69 Å². The number of nitrogens with zero attached hydrogens (tertiary/aromatic N) is 1. The standard InChI is InChI=1S/C11H13NO7/c13-5-11(15)6-18-10(9(11)14)19-8-3-1-7(2-4-8)12(16)17/h1-4,9-10,13-15H,5-6H2/t9-,10-,11+/m0/s1. The van der Waals surface area contributed by atoms with Crippen LogP contribution in [0.5, 0.6) is 5.75 Å². The molecule has 1 fully saturated rings. The van der Waals surface area contributed by atoms with Gasteiger partial charge in [0.2, 0.25) is 6.29 Å². The molecule has 8 nitrogen and oxygen atoms in total. The van der Waals surface area contributed by atoms with Crippen LogP contribution in [0.1, 0.15) is 0 Å². The average molecular weight is 271 g/mol. The fraction of sp³-hybridized carbons (Fsp3) is 0.455. The van der Waals surface area contributed by atoms with E-state index >= 15 is 0 Å². The number of hydrogen-bond acceptors (Lipinski definition) is 7. The van der Waals surface area contributed by atoms with Crippen molar-refractivity contribution in [3.8, 4) is 5.75 Å². The van der Waals surface area contributed by atoms with Crippen molar-refractivity contribution in [2.75, 3.05) is 13.2 Å². The predicted octanol–water partition coefficient (Wildman–Crippen LogP) is -0.586.